The molecular weight excluding hydrogens is 252 g/mol. The highest BCUT2D eigenvalue weighted by molar-refractivity contribution is 4.83. The molecule has 0 aromatic carbocycles. The van der Waals surface area contributed by atoms with Crippen LogP contribution in [0.2, 0.25) is 0 Å². The lowest BCUT2D eigenvalue weighted by molar-refractivity contribution is 0.124. The fourth-order valence-electron chi connectivity index (χ4n) is 2.56. The van der Waals surface area contributed by atoms with Gasteiger partial charge in [-0.15, -0.1) is 0 Å². The van der Waals surface area contributed by atoms with E-state index in [4.69, 9.17) is 4.74 Å². The zero-order chi connectivity index (χ0) is 15.6. The van der Waals surface area contributed by atoms with Crippen LogP contribution in [0, 0.1) is 0 Å². The fraction of sp³-hybridized carbons (Fsp3) is 1.00. The van der Waals surface area contributed by atoms with Crippen LogP contribution < -0.4 is 5.32 Å². The summed E-state index contributed by atoms with van der Waals surface area (Å²) < 4.78 is 5.16. The number of unbranched alkanes of at least 4 members (excludes halogenated alkanes) is 1. The molecule has 0 aliphatic carbocycles. The lowest BCUT2D eigenvalue weighted by Crippen LogP contribution is -2.49. The Morgan fingerprint density at radius 1 is 1.15 bits per heavy atom. The topological polar surface area (TPSA) is 44.7 Å². The van der Waals surface area contributed by atoms with Crippen molar-refractivity contribution in [2.45, 2.75) is 71.5 Å². The van der Waals surface area contributed by atoms with E-state index < -0.39 is 0 Å². The Balaban J connectivity index is 4.01. The van der Waals surface area contributed by atoms with E-state index in [1.54, 1.807) is 7.11 Å². The number of ether oxygens (including phenoxy) is 1. The predicted octanol–water partition coefficient (Wildman–Crippen LogP) is 2.26. The molecule has 0 fully saturated rings. The molecule has 0 rings (SSSR count). The summed E-state index contributed by atoms with van der Waals surface area (Å²) in [4.78, 5) is 2.45. The highest BCUT2D eigenvalue weighted by Gasteiger charge is 2.23. The molecule has 0 bridgehead atoms. The molecule has 0 aromatic heterocycles. The molecule has 1 unspecified atom stereocenters. The van der Waals surface area contributed by atoms with Gasteiger partial charge in [0.25, 0.3) is 0 Å². The third-order valence-corrected chi connectivity index (χ3v) is 3.72. The minimum Gasteiger partial charge on any atom is -0.394 e. The zero-order valence-electron chi connectivity index (χ0n) is 14.4. The molecule has 0 radical (unpaired) electrons. The van der Waals surface area contributed by atoms with Gasteiger partial charge in [0.1, 0.15) is 0 Å². The molecule has 2 N–H and O–H groups in total. The van der Waals surface area contributed by atoms with Crippen molar-refractivity contribution in [3.63, 3.8) is 0 Å². The average molecular weight is 288 g/mol. The van der Waals surface area contributed by atoms with Gasteiger partial charge < -0.3 is 15.2 Å². The Bertz CT molecular complexity index is 235. The first-order valence-electron chi connectivity index (χ1n) is 7.96. The molecule has 0 aliphatic heterocycles. The van der Waals surface area contributed by atoms with Gasteiger partial charge in [-0.05, 0) is 40.2 Å². The van der Waals surface area contributed by atoms with Gasteiger partial charge in [0, 0.05) is 31.3 Å². The third-order valence-electron chi connectivity index (χ3n) is 3.72. The van der Waals surface area contributed by atoms with Gasteiger partial charge in [-0.25, -0.2) is 0 Å². The SMILES string of the molecule is COCCN(CCCCC(C)(CO)NC(C)C)C(C)C. The standard InChI is InChI=1S/C16H36N2O2/c1-14(2)17-16(5,13-19)9-7-8-10-18(15(3)4)11-12-20-6/h14-15,17,19H,7-13H2,1-6H3. The number of nitrogens with zero attached hydrogens (tertiary/aromatic N) is 1. The first-order chi connectivity index (χ1) is 9.34. The normalized spacial score (nSPS) is 15.3. The van der Waals surface area contributed by atoms with E-state index in [-0.39, 0.29) is 12.1 Å². The number of nitrogens with one attached hydrogen (secondary N) is 1. The molecule has 0 aromatic rings. The highest BCUT2D eigenvalue weighted by atomic mass is 16.5. The summed E-state index contributed by atoms with van der Waals surface area (Å²) in [5.41, 5.74) is -0.149. The molecule has 0 heterocycles. The monoisotopic (exact) mass is 288 g/mol. The summed E-state index contributed by atoms with van der Waals surface area (Å²) in [5.74, 6) is 0. The molecular formula is C16H36N2O2. The van der Waals surface area contributed by atoms with E-state index in [1.165, 1.54) is 0 Å². The number of aliphatic hydroxyl groups excluding tert-OH is 1. The van der Waals surface area contributed by atoms with Crippen LogP contribution in [0.15, 0.2) is 0 Å². The smallest absolute Gasteiger partial charge is 0.0610 e. The van der Waals surface area contributed by atoms with Crippen molar-refractivity contribution in [3.8, 4) is 0 Å². The summed E-state index contributed by atoms with van der Waals surface area (Å²) >= 11 is 0. The van der Waals surface area contributed by atoms with Crippen molar-refractivity contribution >= 4 is 0 Å². The molecule has 0 spiro atoms. The number of hydrogen-bond acceptors (Lipinski definition) is 4. The van der Waals surface area contributed by atoms with Gasteiger partial charge in [0.2, 0.25) is 0 Å². The van der Waals surface area contributed by atoms with E-state index in [1.807, 2.05) is 0 Å². The van der Waals surface area contributed by atoms with Crippen molar-refractivity contribution in [2.75, 3.05) is 33.4 Å². The molecule has 0 saturated carbocycles. The molecule has 0 saturated heterocycles. The van der Waals surface area contributed by atoms with Crippen LogP contribution >= 0.6 is 0 Å². The van der Waals surface area contributed by atoms with Crippen LogP contribution in [-0.2, 0) is 4.74 Å². The molecule has 1 atom stereocenters. The summed E-state index contributed by atoms with van der Waals surface area (Å²) in [6.45, 7) is 13.9. The zero-order valence-corrected chi connectivity index (χ0v) is 14.4. The Kier molecular flexibility index (Phi) is 10.5. The highest BCUT2D eigenvalue weighted by Crippen LogP contribution is 2.15. The van der Waals surface area contributed by atoms with Crippen molar-refractivity contribution < 1.29 is 9.84 Å². The first-order valence-corrected chi connectivity index (χ1v) is 7.96. The summed E-state index contributed by atoms with van der Waals surface area (Å²) in [6, 6.07) is 0.962. The van der Waals surface area contributed by atoms with Crippen LogP contribution in [0.4, 0.5) is 0 Å². The fourth-order valence-corrected chi connectivity index (χ4v) is 2.56. The van der Waals surface area contributed by atoms with E-state index >= 15 is 0 Å². The van der Waals surface area contributed by atoms with Crippen LogP contribution in [-0.4, -0.2) is 61.0 Å². The Morgan fingerprint density at radius 2 is 1.80 bits per heavy atom. The molecule has 122 valence electrons. The third kappa shape index (κ3) is 8.90. The van der Waals surface area contributed by atoms with Crippen molar-refractivity contribution in [3.05, 3.63) is 0 Å². The number of hydrogen-bond donors (Lipinski definition) is 2. The maximum atomic E-state index is 9.56. The van der Waals surface area contributed by atoms with Gasteiger partial charge in [-0.1, -0.05) is 20.3 Å². The lowest BCUT2D eigenvalue weighted by Gasteiger charge is -2.32. The minimum atomic E-state index is -0.149. The average Bonchev–Trinajstić information content (AvgIpc) is 2.36. The molecule has 4 nitrogen and oxygen atoms in total. The van der Waals surface area contributed by atoms with Crippen molar-refractivity contribution in [1.82, 2.24) is 10.2 Å². The first kappa shape index (κ1) is 19.8. The van der Waals surface area contributed by atoms with Gasteiger partial charge >= 0.3 is 0 Å². The summed E-state index contributed by atoms with van der Waals surface area (Å²) in [6.07, 6.45) is 3.31. The molecule has 0 amide bonds. The quantitative estimate of drug-likeness (QED) is 0.541. The second kappa shape index (κ2) is 10.6. The van der Waals surface area contributed by atoms with E-state index in [2.05, 4.69) is 44.8 Å². The van der Waals surface area contributed by atoms with Gasteiger partial charge in [-0.3, -0.25) is 4.90 Å². The second-order valence-electron chi connectivity index (χ2n) is 6.60. The van der Waals surface area contributed by atoms with Gasteiger partial charge in [0.05, 0.1) is 13.2 Å². The van der Waals surface area contributed by atoms with Crippen LogP contribution in [0.5, 0.6) is 0 Å². The minimum absolute atomic E-state index is 0.149. The van der Waals surface area contributed by atoms with Crippen molar-refractivity contribution in [2.24, 2.45) is 0 Å². The van der Waals surface area contributed by atoms with Crippen LogP contribution in [0.25, 0.3) is 0 Å². The van der Waals surface area contributed by atoms with E-state index in [0.29, 0.717) is 12.1 Å². The summed E-state index contributed by atoms with van der Waals surface area (Å²) in [5, 5.41) is 13.0. The number of methoxy groups -OCH3 is 1. The predicted molar refractivity (Wildman–Crippen MR) is 86.2 cm³/mol. The van der Waals surface area contributed by atoms with Gasteiger partial charge in [0.15, 0.2) is 0 Å². The lowest BCUT2D eigenvalue weighted by atomic mass is 9.94. The molecule has 4 heteroatoms. The van der Waals surface area contributed by atoms with E-state index in [9.17, 15) is 5.11 Å². The van der Waals surface area contributed by atoms with Crippen LogP contribution in [0.3, 0.4) is 0 Å². The van der Waals surface area contributed by atoms with Gasteiger partial charge in [-0.2, -0.15) is 0 Å². The Hall–Kier alpha value is -0.160. The number of rotatable bonds is 12. The number of aliphatic hydroxyl groups is 1. The maximum absolute atomic E-state index is 9.56. The van der Waals surface area contributed by atoms with Crippen molar-refractivity contribution in [1.29, 1.82) is 0 Å². The van der Waals surface area contributed by atoms with E-state index in [0.717, 1.165) is 39.0 Å². The Labute approximate surface area is 125 Å². The van der Waals surface area contributed by atoms with Crippen LogP contribution in [0.1, 0.15) is 53.9 Å². The molecule has 0 aliphatic rings. The maximum Gasteiger partial charge on any atom is 0.0610 e. The summed E-state index contributed by atoms with van der Waals surface area (Å²) in [7, 11) is 1.75. The Morgan fingerprint density at radius 3 is 2.25 bits per heavy atom. The molecule has 20 heavy (non-hydrogen) atoms. The second-order valence-corrected chi connectivity index (χ2v) is 6.60. The largest absolute Gasteiger partial charge is 0.394 e.